The quantitative estimate of drug-likeness (QED) is 0.847. The number of carboxylic acid groups (broad SMARTS) is 1. The Morgan fingerprint density at radius 3 is 2.74 bits per heavy atom. The number of rotatable bonds is 5. The van der Waals surface area contributed by atoms with Crippen LogP contribution < -0.4 is 5.32 Å². The maximum Gasteiger partial charge on any atom is 0.326 e. The lowest BCUT2D eigenvalue weighted by Crippen LogP contribution is -2.42. The lowest BCUT2D eigenvalue weighted by atomic mass is 9.79. The number of carbonyl (C=O) groups excluding carboxylic acids is 1. The maximum atomic E-state index is 12.6. The number of aromatic nitrogens is 2. The Morgan fingerprint density at radius 1 is 1.33 bits per heavy atom. The fourth-order valence-electron chi connectivity index (χ4n) is 3.65. The Morgan fingerprint density at radius 2 is 2.07 bits per heavy atom. The summed E-state index contributed by atoms with van der Waals surface area (Å²) in [6, 6.07) is 7.27. The van der Waals surface area contributed by atoms with Gasteiger partial charge in [0.1, 0.15) is 6.04 Å². The molecule has 0 saturated heterocycles. The molecule has 27 heavy (non-hydrogen) atoms. The summed E-state index contributed by atoms with van der Waals surface area (Å²) in [6.45, 7) is 5.97. The summed E-state index contributed by atoms with van der Waals surface area (Å²) >= 11 is 0. The Kier molecular flexibility index (Phi) is 5.35. The van der Waals surface area contributed by atoms with Gasteiger partial charge in [-0.15, -0.1) is 0 Å². The molecular formula is C21H27N3O3. The van der Waals surface area contributed by atoms with E-state index in [9.17, 15) is 14.7 Å². The SMILES string of the molecule is CC(C)(C)n1cc(C(=O)NC(CC2CCCc3ccccc32)C(=O)O)cn1. The predicted molar refractivity (Wildman–Crippen MR) is 103 cm³/mol. The van der Waals surface area contributed by atoms with Crippen LogP contribution in [0.4, 0.5) is 0 Å². The van der Waals surface area contributed by atoms with Crippen molar-refractivity contribution in [3.05, 3.63) is 53.3 Å². The summed E-state index contributed by atoms with van der Waals surface area (Å²) in [5.41, 5.74) is 2.64. The molecule has 0 saturated carbocycles. The average molecular weight is 369 g/mol. The number of fused-ring (bicyclic) bond motifs is 1. The largest absolute Gasteiger partial charge is 0.480 e. The van der Waals surface area contributed by atoms with Crippen molar-refractivity contribution in [2.75, 3.05) is 0 Å². The first kappa shape index (κ1) is 19.1. The molecule has 2 atom stereocenters. The van der Waals surface area contributed by atoms with E-state index in [0.717, 1.165) is 19.3 Å². The van der Waals surface area contributed by atoms with Crippen molar-refractivity contribution in [1.82, 2.24) is 15.1 Å². The van der Waals surface area contributed by atoms with Crippen LogP contribution in [0, 0.1) is 0 Å². The molecule has 1 aromatic heterocycles. The standard InChI is InChI=1S/C21H27N3O3/c1-21(2,3)24-13-16(12-22-24)19(25)23-18(20(26)27)11-15-9-6-8-14-7-4-5-10-17(14)15/h4-5,7,10,12-13,15,18H,6,8-9,11H2,1-3H3,(H,23,25)(H,26,27). The van der Waals surface area contributed by atoms with Gasteiger partial charge in [-0.25, -0.2) is 4.79 Å². The molecule has 0 radical (unpaired) electrons. The predicted octanol–water partition coefficient (Wildman–Crippen LogP) is 3.33. The lowest BCUT2D eigenvalue weighted by molar-refractivity contribution is -0.139. The highest BCUT2D eigenvalue weighted by atomic mass is 16.4. The van der Waals surface area contributed by atoms with Crippen molar-refractivity contribution >= 4 is 11.9 Å². The van der Waals surface area contributed by atoms with Gasteiger partial charge in [-0.1, -0.05) is 24.3 Å². The molecule has 1 aromatic carbocycles. The van der Waals surface area contributed by atoms with Gasteiger partial charge in [-0.3, -0.25) is 9.48 Å². The van der Waals surface area contributed by atoms with Crippen molar-refractivity contribution in [3.63, 3.8) is 0 Å². The summed E-state index contributed by atoms with van der Waals surface area (Å²) in [5, 5.41) is 16.5. The molecule has 2 aromatic rings. The molecule has 6 nitrogen and oxygen atoms in total. The highest BCUT2D eigenvalue weighted by molar-refractivity contribution is 5.96. The number of nitrogens with one attached hydrogen (secondary N) is 1. The van der Waals surface area contributed by atoms with Crippen molar-refractivity contribution in [1.29, 1.82) is 0 Å². The fourth-order valence-corrected chi connectivity index (χ4v) is 3.65. The molecule has 2 N–H and O–H groups in total. The van der Waals surface area contributed by atoms with E-state index >= 15 is 0 Å². The van der Waals surface area contributed by atoms with Gasteiger partial charge >= 0.3 is 5.97 Å². The van der Waals surface area contributed by atoms with Gasteiger partial charge < -0.3 is 10.4 Å². The third-order valence-electron chi connectivity index (χ3n) is 5.15. The third kappa shape index (κ3) is 4.38. The minimum atomic E-state index is -1.00. The summed E-state index contributed by atoms with van der Waals surface area (Å²) in [7, 11) is 0. The zero-order chi connectivity index (χ0) is 19.6. The van der Waals surface area contributed by atoms with Crippen LogP contribution in [0.5, 0.6) is 0 Å². The molecule has 1 amide bonds. The number of hydrogen-bond acceptors (Lipinski definition) is 3. The summed E-state index contributed by atoms with van der Waals surface area (Å²) in [5.74, 6) is -1.26. The number of amides is 1. The van der Waals surface area contributed by atoms with Gasteiger partial charge in [0, 0.05) is 6.20 Å². The number of carboxylic acids is 1. The number of aryl methyl sites for hydroxylation is 1. The van der Waals surface area contributed by atoms with Crippen molar-refractivity contribution < 1.29 is 14.7 Å². The van der Waals surface area contributed by atoms with E-state index < -0.39 is 17.9 Å². The molecule has 0 fully saturated rings. The van der Waals surface area contributed by atoms with Crippen LogP contribution >= 0.6 is 0 Å². The van der Waals surface area contributed by atoms with Crippen LogP contribution in [-0.2, 0) is 16.8 Å². The van der Waals surface area contributed by atoms with E-state index in [1.54, 1.807) is 10.9 Å². The van der Waals surface area contributed by atoms with Gasteiger partial charge in [0.05, 0.1) is 17.3 Å². The summed E-state index contributed by atoms with van der Waals surface area (Å²) in [6.07, 6.45) is 6.55. The molecule has 0 aliphatic heterocycles. The van der Waals surface area contributed by atoms with E-state index in [0.29, 0.717) is 12.0 Å². The Bertz CT molecular complexity index is 835. The number of nitrogens with zero attached hydrogens (tertiary/aromatic N) is 2. The van der Waals surface area contributed by atoms with Crippen molar-refractivity contribution in [2.45, 2.75) is 64.0 Å². The molecule has 0 bridgehead atoms. The minimum Gasteiger partial charge on any atom is -0.480 e. The first-order chi connectivity index (χ1) is 12.8. The number of hydrogen-bond donors (Lipinski definition) is 2. The van der Waals surface area contributed by atoms with E-state index in [1.165, 1.54) is 17.3 Å². The first-order valence-electron chi connectivity index (χ1n) is 9.42. The Labute approximate surface area is 159 Å². The normalized spacial score (nSPS) is 17.8. The van der Waals surface area contributed by atoms with Gasteiger partial charge in [0.15, 0.2) is 0 Å². The number of carbonyl (C=O) groups is 2. The highest BCUT2D eigenvalue weighted by Crippen LogP contribution is 2.34. The van der Waals surface area contributed by atoms with Crippen LogP contribution in [0.15, 0.2) is 36.7 Å². The fraction of sp³-hybridized carbons (Fsp3) is 0.476. The van der Waals surface area contributed by atoms with Crippen LogP contribution in [0.25, 0.3) is 0 Å². The zero-order valence-electron chi connectivity index (χ0n) is 16.1. The topological polar surface area (TPSA) is 84.2 Å². The summed E-state index contributed by atoms with van der Waals surface area (Å²) in [4.78, 5) is 24.3. The van der Waals surface area contributed by atoms with E-state index in [1.807, 2.05) is 32.9 Å². The van der Waals surface area contributed by atoms with Crippen LogP contribution in [0.2, 0.25) is 0 Å². The molecule has 6 heteroatoms. The zero-order valence-corrected chi connectivity index (χ0v) is 16.1. The number of benzene rings is 1. The second kappa shape index (κ2) is 7.55. The molecule has 1 aliphatic rings. The van der Waals surface area contributed by atoms with E-state index in [2.05, 4.69) is 22.5 Å². The number of aliphatic carboxylic acids is 1. The molecule has 3 rings (SSSR count). The lowest BCUT2D eigenvalue weighted by Gasteiger charge is -2.28. The van der Waals surface area contributed by atoms with Crippen LogP contribution in [-0.4, -0.2) is 32.8 Å². The Hall–Kier alpha value is -2.63. The molecule has 2 unspecified atom stereocenters. The molecular weight excluding hydrogens is 342 g/mol. The molecule has 1 aliphatic carbocycles. The second-order valence-electron chi connectivity index (χ2n) is 8.23. The van der Waals surface area contributed by atoms with Gasteiger partial charge in [0.2, 0.25) is 0 Å². The second-order valence-corrected chi connectivity index (χ2v) is 8.23. The smallest absolute Gasteiger partial charge is 0.326 e. The Balaban J connectivity index is 1.73. The molecule has 0 spiro atoms. The van der Waals surface area contributed by atoms with Crippen LogP contribution in [0.1, 0.15) is 67.4 Å². The van der Waals surface area contributed by atoms with E-state index in [4.69, 9.17) is 0 Å². The first-order valence-corrected chi connectivity index (χ1v) is 9.42. The monoisotopic (exact) mass is 369 g/mol. The minimum absolute atomic E-state index is 0.147. The maximum absolute atomic E-state index is 12.6. The van der Waals surface area contributed by atoms with Gasteiger partial charge in [-0.05, 0) is 63.5 Å². The van der Waals surface area contributed by atoms with Crippen LogP contribution in [0.3, 0.4) is 0 Å². The molecule has 1 heterocycles. The van der Waals surface area contributed by atoms with Crippen molar-refractivity contribution in [3.8, 4) is 0 Å². The summed E-state index contributed by atoms with van der Waals surface area (Å²) < 4.78 is 1.70. The van der Waals surface area contributed by atoms with E-state index in [-0.39, 0.29) is 11.5 Å². The molecule has 144 valence electrons. The average Bonchev–Trinajstić information content (AvgIpc) is 3.12. The van der Waals surface area contributed by atoms with Gasteiger partial charge in [-0.2, -0.15) is 5.10 Å². The van der Waals surface area contributed by atoms with Gasteiger partial charge in [0.25, 0.3) is 5.91 Å². The van der Waals surface area contributed by atoms with Crippen molar-refractivity contribution in [2.24, 2.45) is 0 Å². The highest BCUT2D eigenvalue weighted by Gasteiger charge is 2.29. The third-order valence-corrected chi connectivity index (χ3v) is 5.15.